The van der Waals surface area contributed by atoms with Gasteiger partial charge in [0.25, 0.3) is 0 Å². The zero-order chi connectivity index (χ0) is 35.6. The van der Waals surface area contributed by atoms with Gasteiger partial charge in [0.2, 0.25) is 5.91 Å². The number of nitrogens with one attached hydrogen (secondary N) is 1. The Balaban J connectivity index is 1.50. The van der Waals surface area contributed by atoms with E-state index in [9.17, 15) is 14.7 Å². The standard InChI is InChI=1S/C38H39N5O7/c1-22-11-12-39-18-28(22)31-13-25-14-34(42-36(44)30-17-38(30,2)37(45)46)40-19-29(25)35(41-31)43(20-23-7-9-26(47-3)15-32(23)49-5)21-24-8-10-27(48-4)16-33(24)50-6/h7-16,18-19,30H,17,20-21H2,1-6H3,(H,45,46)(H,40,42,44). The normalized spacial score (nSPS) is 16.4. The first-order valence-electron chi connectivity index (χ1n) is 16.0. The van der Waals surface area contributed by atoms with Gasteiger partial charge in [-0.05, 0) is 73.7 Å². The molecule has 3 heterocycles. The third-order valence-corrected chi connectivity index (χ3v) is 9.31. The van der Waals surface area contributed by atoms with Gasteiger partial charge < -0.3 is 34.3 Å². The summed E-state index contributed by atoms with van der Waals surface area (Å²) in [5, 5.41) is 13.9. The molecule has 2 unspecified atom stereocenters. The van der Waals surface area contributed by atoms with Crippen LogP contribution in [0.15, 0.2) is 73.2 Å². The highest BCUT2D eigenvalue weighted by atomic mass is 16.5. The first-order valence-corrected chi connectivity index (χ1v) is 16.0. The van der Waals surface area contributed by atoms with Crippen LogP contribution in [-0.2, 0) is 22.7 Å². The van der Waals surface area contributed by atoms with Gasteiger partial charge in [-0.25, -0.2) is 9.97 Å². The number of benzene rings is 2. The number of aryl methyl sites for hydroxylation is 1. The lowest BCUT2D eigenvalue weighted by Gasteiger charge is -2.28. The van der Waals surface area contributed by atoms with Gasteiger partial charge >= 0.3 is 5.97 Å². The number of fused-ring (bicyclic) bond motifs is 1. The summed E-state index contributed by atoms with van der Waals surface area (Å²) in [5.74, 6) is 1.58. The van der Waals surface area contributed by atoms with E-state index in [1.54, 1.807) is 60.0 Å². The summed E-state index contributed by atoms with van der Waals surface area (Å²) in [6.07, 6.45) is 5.47. The number of hydrogen-bond donors (Lipinski definition) is 2. The Morgan fingerprint density at radius 3 is 2.08 bits per heavy atom. The zero-order valence-corrected chi connectivity index (χ0v) is 28.8. The van der Waals surface area contributed by atoms with Gasteiger partial charge in [-0.15, -0.1) is 0 Å². The van der Waals surface area contributed by atoms with Crippen molar-refractivity contribution in [2.45, 2.75) is 33.4 Å². The van der Waals surface area contributed by atoms with Crippen LogP contribution < -0.4 is 29.2 Å². The van der Waals surface area contributed by atoms with Crippen LogP contribution in [0, 0.1) is 18.3 Å². The highest BCUT2D eigenvalue weighted by Gasteiger charge is 2.60. The molecule has 3 aromatic heterocycles. The van der Waals surface area contributed by atoms with Gasteiger partial charge in [-0.1, -0.05) is 0 Å². The molecule has 5 aromatic rings. The molecule has 2 aromatic carbocycles. The Kier molecular flexibility index (Phi) is 9.45. The van der Waals surface area contributed by atoms with Crippen LogP contribution >= 0.6 is 0 Å². The van der Waals surface area contributed by atoms with Gasteiger partial charge in [0.1, 0.15) is 34.6 Å². The number of pyridine rings is 3. The zero-order valence-electron chi connectivity index (χ0n) is 28.8. The van der Waals surface area contributed by atoms with Gasteiger partial charge in [0, 0.05) is 65.9 Å². The molecule has 50 heavy (non-hydrogen) atoms. The smallest absolute Gasteiger partial charge is 0.310 e. The van der Waals surface area contributed by atoms with E-state index < -0.39 is 17.3 Å². The fourth-order valence-corrected chi connectivity index (χ4v) is 6.09. The van der Waals surface area contributed by atoms with Crippen molar-refractivity contribution in [3.8, 4) is 34.3 Å². The highest BCUT2D eigenvalue weighted by Crippen LogP contribution is 2.52. The molecular weight excluding hydrogens is 638 g/mol. The number of ether oxygens (including phenoxy) is 4. The molecule has 12 heteroatoms. The topological polar surface area (TPSA) is 145 Å². The van der Waals surface area contributed by atoms with Crippen molar-refractivity contribution in [3.05, 3.63) is 89.9 Å². The second kappa shape index (κ2) is 13.9. The Hall–Kier alpha value is -5.91. The molecule has 0 spiro atoms. The molecule has 1 saturated carbocycles. The van der Waals surface area contributed by atoms with Crippen LogP contribution in [0.2, 0.25) is 0 Å². The van der Waals surface area contributed by atoms with E-state index in [2.05, 4.69) is 20.2 Å². The Morgan fingerprint density at radius 1 is 0.900 bits per heavy atom. The Bertz CT molecular complexity index is 2030. The van der Waals surface area contributed by atoms with Crippen LogP contribution in [-0.4, -0.2) is 60.4 Å². The maximum absolute atomic E-state index is 13.1. The lowest BCUT2D eigenvalue weighted by Crippen LogP contribution is -2.24. The van der Waals surface area contributed by atoms with Crippen molar-refractivity contribution in [2.24, 2.45) is 11.3 Å². The third kappa shape index (κ3) is 6.69. The number of carbonyl (C=O) groups is 2. The molecule has 2 N–H and O–H groups in total. The summed E-state index contributed by atoms with van der Waals surface area (Å²) in [4.78, 5) is 41.1. The monoisotopic (exact) mass is 677 g/mol. The number of methoxy groups -OCH3 is 4. The summed E-state index contributed by atoms with van der Waals surface area (Å²) < 4.78 is 22.5. The largest absolute Gasteiger partial charge is 0.497 e. The van der Waals surface area contributed by atoms with Gasteiger partial charge in [-0.2, -0.15) is 0 Å². The Labute approximate surface area is 290 Å². The van der Waals surface area contributed by atoms with Crippen molar-refractivity contribution < 1.29 is 33.6 Å². The summed E-state index contributed by atoms with van der Waals surface area (Å²) in [6.45, 7) is 4.35. The number of nitrogens with zero attached hydrogens (tertiary/aromatic N) is 4. The third-order valence-electron chi connectivity index (χ3n) is 9.31. The molecule has 1 amide bonds. The fraction of sp³-hybridized carbons (Fsp3) is 0.289. The average molecular weight is 678 g/mol. The molecule has 0 radical (unpaired) electrons. The van der Waals surface area contributed by atoms with E-state index in [1.165, 1.54) is 0 Å². The van der Waals surface area contributed by atoms with Crippen molar-refractivity contribution in [1.82, 2.24) is 15.0 Å². The fourth-order valence-electron chi connectivity index (χ4n) is 6.09. The molecule has 258 valence electrons. The SMILES string of the molecule is COc1ccc(CN(Cc2ccc(OC)cc2OC)c2nc(-c3cnccc3C)cc3cc(NC(=O)C4CC4(C)C(=O)O)ncc23)c(OC)c1. The van der Waals surface area contributed by atoms with Crippen molar-refractivity contribution >= 4 is 34.3 Å². The van der Waals surface area contributed by atoms with Crippen LogP contribution in [0.25, 0.3) is 22.0 Å². The highest BCUT2D eigenvalue weighted by molar-refractivity contribution is 6.02. The molecule has 12 nitrogen and oxygen atoms in total. The number of hydrogen-bond acceptors (Lipinski definition) is 10. The number of aromatic nitrogens is 3. The Morgan fingerprint density at radius 2 is 1.54 bits per heavy atom. The van der Waals surface area contributed by atoms with Crippen LogP contribution in [0.4, 0.5) is 11.6 Å². The molecule has 0 aliphatic heterocycles. The van der Waals surface area contributed by atoms with E-state index >= 15 is 0 Å². The second-order valence-electron chi connectivity index (χ2n) is 12.5. The number of carboxylic acid groups (broad SMARTS) is 1. The quantitative estimate of drug-likeness (QED) is 0.145. The predicted octanol–water partition coefficient (Wildman–Crippen LogP) is 6.29. The second-order valence-corrected chi connectivity index (χ2v) is 12.5. The molecule has 0 saturated heterocycles. The van der Waals surface area contributed by atoms with Gasteiger partial charge in [-0.3, -0.25) is 14.6 Å². The van der Waals surface area contributed by atoms with Crippen molar-refractivity contribution in [2.75, 3.05) is 38.7 Å². The van der Waals surface area contributed by atoms with Crippen LogP contribution in [0.3, 0.4) is 0 Å². The first kappa shape index (κ1) is 34.0. The molecule has 1 aliphatic carbocycles. The minimum absolute atomic E-state index is 0.277. The minimum atomic E-state index is -1.07. The summed E-state index contributed by atoms with van der Waals surface area (Å²) in [7, 11) is 6.46. The van der Waals surface area contributed by atoms with Crippen molar-refractivity contribution in [1.29, 1.82) is 0 Å². The lowest BCUT2D eigenvalue weighted by molar-refractivity contribution is -0.144. The summed E-state index contributed by atoms with van der Waals surface area (Å²) in [5.41, 5.74) is 3.21. The van der Waals surface area contributed by atoms with Gasteiger partial charge in [0.05, 0.1) is 45.5 Å². The van der Waals surface area contributed by atoms with Crippen molar-refractivity contribution in [3.63, 3.8) is 0 Å². The molecule has 6 rings (SSSR count). The maximum Gasteiger partial charge on any atom is 0.310 e. The van der Waals surface area contributed by atoms with Gasteiger partial charge in [0.15, 0.2) is 0 Å². The van der Waals surface area contributed by atoms with E-state index in [4.69, 9.17) is 23.9 Å². The number of aliphatic carboxylic acids is 1. The number of anilines is 2. The number of rotatable bonds is 13. The lowest BCUT2D eigenvalue weighted by atomic mass is 10.0. The maximum atomic E-state index is 13.1. The number of carbonyl (C=O) groups excluding carboxylic acids is 1. The average Bonchev–Trinajstić information content (AvgIpc) is 3.84. The summed E-state index contributed by atoms with van der Waals surface area (Å²) >= 11 is 0. The molecule has 1 aliphatic rings. The molecular formula is C38H39N5O7. The number of amides is 1. The first-order chi connectivity index (χ1) is 24.1. The molecule has 0 bridgehead atoms. The molecule has 2 atom stereocenters. The summed E-state index contributed by atoms with van der Waals surface area (Å²) in [6, 6.07) is 17.0. The van der Waals surface area contributed by atoms with E-state index in [-0.39, 0.29) is 12.3 Å². The predicted molar refractivity (Wildman–Crippen MR) is 189 cm³/mol. The minimum Gasteiger partial charge on any atom is -0.497 e. The van der Waals surface area contributed by atoms with E-state index in [0.717, 1.165) is 33.0 Å². The van der Waals surface area contributed by atoms with Crippen LogP contribution in [0.5, 0.6) is 23.0 Å². The van der Waals surface area contributed by atoms with Crippen LogP contribution in [0.1, 0.15) is 30.0 Å². The number of carboxylic acids is 1. The molecule has 1 fully saturated rings. The van der Waals surface area contributed by atoms with E-state index in [1.807, 2.05) is 55.5 Å². The van der Waals surface area contributed by atoms with E-state index in [0.29, 0.717) is 53.4 Å².